The number of ether oxygens (including phenoxy) is 1. The Morgan fingerprint density at radius 1 is 1.47 bits per heavy atom. The molecular formula is C13H20N2O2. The van der Waals surface area contributed by atoms with Crippen molar-refractivity contribution in [2.45, 2.75) is 26.8 Å². The SMILES string of the molecule is CCCOCC(=O)Nc1cc(CN)ccc1C. The normalized spacial score (nSPS) is 10.3. The zero-order valence-electron chi connectivity index (χ0n) is 10.5. The van der Waals surface area contributed by atoms with E-state index >= 15 is 0 Å². The van der Waals surface area contributed by atoms with Gasteiger partial charge in [-0.1, -0.05) is 19.1 Å². The summed E-state index contributed by atoms with van der Waals surface area (Å²) in [4.78, 5) is 11.6. The van der Waals surface area contributed by atoms with E-state index in [9.17, 15) is 4.79 Å². The summed E-state index contributed by atoms with van der Waals surface area (Å²) in [5.74, 6) is -0.129. The third-order valence-corrected chi connectivity index (χ3v) is 2.39. The predicted molar refractivity (Wildman–Crippen MR) is 68.8 cm³/mol. The Morgan fingerprint density at radius 2 is 2.24 bits per heavy atom. The summed E-state index contributed by atoms with van der Waals surface area (Å²) in [7, 11) is 0. The van der Waals surface area contributed by atoms with Gasteiger partial charge in [-0.05, 0) is 30.5 Å². The number of rotatable bonds is 6. The van der Waals surface area contributed by atoms with E-state index in [1.54, 1.807) is 0 Å². The molecule has 4 nitrogen and oxygen atoms in total. The monoisotopic (exact) mass is 236 g/mol. The van der Waals surface area contributed by atoms with Crippen molar-refractivity contribution in [3.63, 3.8) is 0 Å². The molecule has 1 rings (SSSR count). The van der Waals surface area contributed by atoms with E-state index in [1.165, 1.54) is 0 Å². The Labute approximate surface area is 102 Å². The van der Waals surface area contributed by atoms with Crippen molar-refractivity contribution in [2.24, 2.45) is 5.73 Å². The van der Waals surface area contributed by atoms with Gasteiger partial charge in [-0.2, -0.15) is 0 Å². The Kier molecular flexibility index (Phi) is 5.66. The lowest BCUT2D eigenvalue weighted by molar-refractivity contribution is -0.120. The Hall–Kier alpha value is -1.39. The molecule has 0 aliphatic carbocycles. The molecule has 0 aromatic heterocycles. The van der Waals surface area contributed by atoms with Gasteiger partial charge in [0, 0.05) is 18.8 Å². The van der Waals surface area contributed by atoms with Crippen LogP contribution in [-0.4, -0.2) is 19.1 Å². The lowest BCUT2D eigenvalue weighted by atomic mass is 10.1. The first-order valence-electron chi connectivity index (χ1n) is 5.84. The van der Waals surface area contributed by atoms with Crippen molar-refractivity contribution in [3.8, 4) is 0 Å². The lowest BCUT2D eigenvalue weighted by Gasteiger charge is -2.10. The molecule has 0 fully saturated rings. The van der Waals surface area contributed by atoms with Gasteiger partial charge in [-0.25, -0.2) is 0 Å². The second kappa shape index (κ2) is 7.04. The zero-order chi connectivity index (χ0) is 12.7. The van der Waals surface area contributed by atoms with Gasteiger partial charge in [0.25, 0.3) is 0 Å². The smallest absolute Gasteiger partial charge is 0.250 e. The topological polar surface area (TPSA) is 64.3 Å². The van der Waals surface area contributed by atoms with Crippen LogP contribution in [0.4, 0.5) is 5.69 Å². The maximum atomic E-state index is 11.6. The van der Waals surface area contributed by atoms with Crippen LogP contribution in [0.1, 0.15) is 24.5 Å². The number of carbonyl (C=O) groups is 1. The minimum Gasteiger partial charge on any atom is -0.372 e. The highest BCUT2D eigenvalue weighted by molar-refractivity contribution is 5.92. The van der Waals surface area contributed by atoms with Crippen molar-refractivity contribution >= 4 is 11.6 Å². The predicted octanol–water partition coefficient (Wildman–Crippen LogP) is 1.82. The van der Waals surface area contributed by atoms with E-state index in [-0.39, 0.29) is 12.5 Å². The summed E-state index contributed by atoms with van der Waals surface area (Å²) in [5.41, 5.74) is 8.38. The van der Waals surface area contributed by atoms with Crippen molar-refractivity contribution in [2.75, 3.05) is 18.5 Å². The van der Waals surface area contributed by atoms with Gasteiger partial charge < -0.3 is 15.8 Å². The average molecular weight is 236 g/mol. The van der Waals surface area contributed by atoms with Gasteiger partial charge in [0.05, 0.1) is 0 Å². The van der Waals surface area contributed by atoms with Crippen molar-refractivity contribution in [1.82, 2.24) is 0 Å². The maximum Gasteiger partial charge on any atom is 0.250 e. The number of nitrogens with two attached hydrogens (primary N) is 1. The molecule has 0 bridgehead atoms. The highest BCUT2D eigenvalue weighted by Crippen LogP contribution is 2.16. The van der Waals surface area contributed by atoms with Gasteiger partial charge in [-0.3, -0.25) is 4.79 Å². The molecule has 0 saturated heterocycles. The highest BCUT2D eigenvalue weighted by atomic mass is 16.5. The number of amides is 1. The molecule has 17 heavy (non-hydrogen) atoms. The molecule has 4 heteroatoms. The van der Waals surface area contributed by atoms with Crippen LogP contribution >= 0.6 is 0 Å². The van der Waals surface area contributed by atoms with Gasteiger partial charge in [0.1, 0.15) is 6.61 Å². The largest absolute Gasteiger partial charge is 0.372 e. The van der Waals surface area contributed by atoms with E-state index in [1.807, 2.05) is 32.0 Å². The Morgan fingerprint density at radius 3 is 2.88 bits per heavy atom. The first kappa shape index (κ1) is 13.7. The maximum absolute atomic E-state index is 11.6. The minimum atomic E-state index is -0.129. The quantitative estimate of drug-likeness (QED) is 0.740. The summed E-state index contributed by atoms with van der Waals surface area (Å²) in [6.07, 6.45) is 0.912. The van der Waals surface area contributed by atoms with Crippen LogP contribution in [0.25, 0.3) is 0 Å². The number of aryl methyl sites for hydroxylation is 1. The standard InChI is InChI=1S/C13H20N2O2/c1-3-6-17-9-13(16)15-12-7-11(8-14)5-4-10(12)2/h4-5,7H,3,6,8-9,14H2,1-2H3,(H,15,16). The van der Waals surface area contributed by atoms with E-state index in [4.69, 9.17) is 10.5 Å². The number of hydrogen-bond donors (Lipinski definition) is 2. The summed E-state index contributed by atoms with van der Waals surface area (Å²) >= 11 is 0. The van der Waals surface area contributed by atoms with Gasteiger partial charge in [0.2, 0.25) is 5.91 Å². The Balaban J connectivity index is 2.57. The zero-order valence-corrected chi connectivity index (χ0v) is 10.5. The molecule has 1 aromatic carbocycles. The van der Waals surface area contributed by atoms with Crippen LogP contribution in [0.15, 0.2) is 18.2 Å². The molecule has 1 aromatic rings. The number of benzene rings is 1. The second-order valence-electron chi connectivity index (χ2n) is 3.95. The van der Waals surface area contributed by atoms with Crippen molar-refractivity contribution in [1.29, 1.82) is 0 Å². The fourth-order valence-electron chi connectivity index (χ4n) is 1.43. The third-order valence-electron chi connectivity index (χ3n) is 2.39. The molecule has 1 amide bonds. The Bertz CT molecular complexity index is 378. The number of carbonyl (C=O) groups excluding carboxylic acids is 1. The van der Waals surface area contributed by atoms with E-state index < -0.39 is 0 Å². The molecule has 0 atom stereocenters. The first-order chi connectivity index (χ1) is 8.17. The van der Waals surface area contributed by atoms with Crippen molar-refractivity contribution in [3.05, 3.63) is 29.3 Å². The first-order valence-corrected chi connectivity index (χ1v) is 5.84. The summed E-state index contributed by atoms with van der Waals surface area (Å²) in [5, 5.41) is 2.82. The van der Waals surface area contributed by atoms with Crippen LogP contribution in [0, 0.1) is 6.92 Å². The summed E-state index contributed by atoms with van der Waals surface area (Å²) in [6, 6.07) is 5.80. The molecule has 0 heterocycles. The van der Waals surface area contributed by atoms with E-state index in [2.05, 4.69) is 5.32 Å². The lowest BCUT2D eigenvalue weighted by Crippen LogP contribution is -2.19. The molecule has 0 spiro atoms. The molecular weight excluding hydrogens is 216 g/mol. The molecule has 0 aliphatic rings. The highest BCUT2D eigenvalue weighted by Gasteiger charge is 2.05. The van der Waals surface area contributed by atoms with Gasteiger partial charge >= 0.3 is 0 Å². The van der Waals surface area contributed by atoms with Crippen LogP contribution in [-0.2, 0) is 16.1 Å². The molecule has 0 saturated carbocycles. The van der Waals surface area contributed by atoms with Gasteiger partial charge in [-0.15, -0.1) is 0 Å². The fraction of sp³-hybridized carbons (Fsp3) is 0.462. The van der Waals surface area contributed by atoms with E-state index in [0.29, 0.717) is 13.2 Å². The molecule has 0 aliphatic heterocycles. The number of hydrogen-bond acceptors (Lipinski definition) is 3. The van der Waals surface area contributed by atoms with Gasteiger partial charge in [0.15, 0.2) is 0 Å². The third kappa shape index (κ3) is 4.54. The van der Waals surface area contributed by atoms with E-state index in [0.717, 1.165) is 23.2 Å². The van der Waals surface area contributed by atoms with Crippen LogP contribution < -0.4 is 11.1 Å². The number of anilines is 1. The molecule has 94 valence electrons. The summed E-state index contributed by atoms with van der Waals surface area (Å²) in [6.45, 7) is 5.13. The van der Waals surface area contributed by atoms with Crippen molar-refractivity contribution < 1.29 is 9.53 Å². The summed E-state index contributed by atoms with van der Waals surface area (Å²) < 4.78 is 5.18. The molecule has 0 unspecified atom stereocenters. The average Bonchev–Trinajstić information content (AvgIpc) is 2.32. The van der Waals surface area contributed by atoms with Crippen LogP contribution in [0.5, 0.6) is 0 Å². The minimum absolute atomic E-state index is 0.0974. The fourth-order valence-corrected chi connectivity index (χ4v) is 1.43. The second-order valence-corrected chi connectivity index (χ2v) is 3.95. The molecule has 3 N–H and O–H groups in total. The number of nitrogens with one attached hydrogen (secondary N) is 1. The van der Waals surface area contributed by atoms with Crippen LogP contribution in [0.2, 0.25) is 0 Å². The van der Waals surface area contributed by atoms with Crippen LogP contribution in [0.3, 0.4) is 0 Å². The molecule has 0 radical (unpaired) electrons.